The van der Waals surface area contributed by atoms with Crippen molar-refractivity contribution >= 4 is 17.2 Å². The smallest absolute Gasteiger partial charge is 0.405 e. The molecule has 1 aliphatic rings. The van der Waals surface area contributed by atoms with Crippen molar-refractivity contribution in [3.05, 3.63) is 33.6 Å². The van der Waals surface area contributed by atoms with Gasteiger partial charge in [-0.05, 0) is 42.9 Å². The second-order valence-electron chi connectivity index (χ2n) is 5.46. The van der Waals surface area contributed by atoms with Crippen molar-refractivity contribution in [2.75, 3.05) is 20.1 Å². The molecule has 2 aromatic heterocycles. The number of pyridine rings is 1. The molecule has 0 aliphatic carbocycles. The number of hydrogen-bond donors (Lipinski definition) is 1. The van der Waals surface area contributed by atoms with Gasteiger partial charge in [-0.3, -0.25) is 0 Å². The number of nitrogens with zero attached hydrogens (tertiary/aromatic N) is 4. The molecule has 0 atom stereocenters. The normalized spacial score (nSPS) is 16.8. The summed E-state index contributed by atoms with van der Waals surface area (Å²) in [6.07, 6.45) is 5.34. The third-order valence-corrected chi connectivity index (χ3v) is 5.10. The Morgan fingerprint density at radius 1 is 1.36 bits per heavy atom. The first-order valence-electron chi connectivity index (χ1n) is 7.02. The largest absolute Gasteiger partial charge is 0.501 e. The minimum absolute atomic E-state index is 0.420. The van der Waals surface area contributed by atoms with Crippen LogP contribution in [0.4, 0.5) is 5.82 Å². The third-order valence-electron chi connectivity index (χ3n) is 3.90. The van der Waals surface area contributed by atoms with Crippen molar-refractivity contribution < 1.29 is 10.0 Å². The second kappa shape index (κ2) is 5.98. The van der Waals surface area contributed by atoms with Crippen molar-refractivity contribution in [2.24, 2.45) is 0 Å². The second-order valence-corrected chi connectivity index (χ2v) is 6.53. The first kappa shape index (κ1) is 14.9. The van der Waals surface area contributed by atoms with Gasteiger partial charge in [0.1, 0.15) is 6.20 Å². The number of likely N-dealkylation sites (tertiary alicyclic amines) is 1. The number of aromatic nitrogens is 2. The highest BCUT2D eigenvalue weighted by Crippen LogP contribution is 2.36. The van der Waals surface area contributed by atoms with Gasteiger partial charge in [-0.1, -0.05) is 0 Å². The Morgan fingerprint density at radius 2 is 2.09 bits per heavy atom. The molecule has 7 nitrogen and oxygen atoms in total. The van der Waals surface area contributed by atoms with Crippen LogP contribution in [0.1, 0.15) is 23.8 Å². The zero-order chi connectivity index (χ0) is 15.7. The fraction of sp³-hybridized carbons (Fsp3) is 0.429. The van der Waals surface area contributed by atoms with Crippen molar-refractivity contribution in [2.45, 2.75) is 18.8 Å². The Balaban J connectivity index is 1.82. The maximum atomic E-state index is 10.7. The lowest BCUT2D eigenvalue weighted by Gasteiger charge is -2.27. The molecule has 1 N–H and O–H groups in total. The summed E-state index contributed by atoms with van der Waals surface area (Å²) >= 11 is 1.57. The Kier molecular flexibility index (Phi) is 4.04. The monoisotopic (exact) mass is 320 g/mol. The van der Waals surface area contributed by atoms with Crippen LogP contribution in [0.15, 0.2) is 18.5 Å². The molecular weight excluding hydrogens is 304 g/mol. The molecule has 3 rings (SSSR count). The first-order valence-corrected chi connectivity index (χ1v) is 7.84. The van der Waals surface area contributed by atoms with Gasteiger partial charge < -0.3 is 20.1 Å². The van der Waals surface area contributed by atoms with E-state index in [4.69, 9.17) is 0 Å². The van der Waals surface area contributed by atoms with Gasteiger partial charge >= 0.3 is 5.82 Å². The highest BCUT2D eigenvalue weighted by Gasteiger charge is 2.22. The molecule has 1 fully saturated rings. The number of aromatic hydroxyl groups is 1. The van der Waals surface area contributed by atoms with Crippen LogP contribution in [0.3, 0.4) is 0 Å². The molecule has 22 heavy (non-hydrogen) atoms. The van der Waals surface area contributed by atoms with Crippen LogP contribution in [-0.4, -0.2) is 45.0 Å². The fourth-order valence-electron chi connectivity index (χ4n) is 2.59. The van der Waals surface area contributed by atoms with Crippen LogP contribution in [0.5, 0.6) is 5.75 Å². The molecule has 0 aromatic carbocycles. The highest BCUT2D eigenvalue weighted by molar-refractivity contribution is 7.15. The van der Waals surface area contributed by atoms with E-state index in [1.165, 1.54) is 12.3 Å². The molecule has 0 saturated carbocycles. The van der Waals surface area contributed by atoms with Gasteiger partial charge in [0.25, 0.3) is 0 Å². The molecule has 1 aliphatic heterocycles. The molecule has 116 valence electrons. The number of rotatable bonds is 3. The fourth-order valence-corrected chi connectivity index (χ4v) is 3.65. The standard InChI is InChI=1S/C14H16N4O3S/c1-17-4-2-9(3-5-17)14-16-8-12(22-14)10-6-11(19)13(15-7-10)18(20)21/h6-9,19H,2-5H2,1H3. The van der Waals surface area contributed by atoms with Gasteiger partial charge in [-0.15, -0.1) is 11.3 Å². The van der Waals surface area contributed by atoms with Gasteiger partial charge in [0.05, 0.1) is 9.88 Å². The summed E-state index contributed by atoms with van der Waals surface area (Å²) in [7, 11) is 2.12. The molecule has 0 bridgehead atoms. The molecule has 8 heteroatoms. The van der Waals surface area contributed by atoms with Crippen molar-refractivity contribution in [1.29, 1.82) is 0 Å². The van der Waals surface area contributed by atoms with Gasteiger partial charge in [0.15, 0.2) is 0 Å². The lowest BCUT2D eigenvalue weighted by molar-refractivity contribution is -0.390. The van der Waals surface area contributed by atoms with Crippen LogP contribution in [-0.2, 0) is 0 Å². The topological polar surface area (TPSA) is 92.4 Å². The van der Waals surface area contributed by atoms with E-state index in [0.29, 0.717) is 11.5 Å². The van der Waals surface area contributed by atoms with E-state index in [-0.39, 0.29) is 0 Å². The number of thiazole rings is 1. The van der Waals surface area contributed by atoms with E-state index >= 15 is 0 Å². The Bertz CT molecular complexity index is 695. The van der Waals surface area contributed by atoms with E-state index in [2.05, 4.69) is 21.9 Å². The minimum Gasteiger partial charge on any atom is -0.501 e. The Labute approximate surface area is 131 Å². The van der Waals surface area contributed by atoms with E-state index in [1.807, 2.05) is 0 Å². The molecule has 3 heterocycles. The lowest BCUT2D eigenvalue weighted by atomic mass is 9.98. The van der Waals surface area contributed by atoms with Gasteiger partial charge in [0, 0.05) is 23.7 Å². The minimum atomic E-state index is -0.699. The zero-order valence-electron chi connectivity index (χ0n) is 12.1. The van der Waals surface area contributed by atoms with Crippen molar-refractivity contribution in [3.8, 4) is 16.2 Å². The molecule has 1 saturated heterocycles. The van der Waals surface area contributed by atoms with E-state index < -0.39 is 16.5 Å². The van der Waals surface area contributed by atoms with Crippen LogP contribution < -0.4 is 0 Å². The van der Waals surface area contributed by atoms with Crippen LogP contribution in [0.2, 0.25) is 0 Å². The summed E-state index contributed by atoms with van der Waals surface area (Å²) in [5, 5.41) is 21.4. The van der Waals surface area contributed by atoms with E-state index in [0.717, 1.165) is 35.8 Å². The van der Waals surface area contributed by atoms with E-state index in [9.17, 15) is 15.2 Å². The van der Waals surface area contributed by atoms with Crippen LogP contribution in [0, 0.1) is 10.1 Å². The SMILES string of the molecule is CN1CCC(c2ncc(-c3cnc([N+](=O)[O-])c(O)c3)s2)CC1. The number of hydrogen-bond acceptors (Lipinski definition) is 7. The Morgan fingerprint density at radius 3 is 2.73 bits per heavy atom. The van der Waals surface area contributed by atoms with Crippen molar-refractivity contribution in [3.63, 3.8) is 0 Å². The molecule has 2 aromatic rings. The third kappa shape index (κ3) is 2.93. The van der Waals surface area contributed by atoms with Crippen LogP contribution in [0.25, 0.3) is 10.4 Å². The molecule has 0 spiro atoms. The lowest BCUT2D eigenvalue weighted by Crippen LogP contribution is -2.29. The maximum absolute atomic E-state index is 10.7. The molecular formula is C14H16N4O3S. The average Bonchev–Trinajstić information content (AvgIpc) is 2.97. The quantitative estimate of drug-likeness (QED) is 0.690. The number of piperidine rings is 1. The summed E-state index contributed by atoms with van der Waals surface area (Å²) in [5.74, 6) is -0.477. The molecule has 0 radical (unpaired) electrons. The van der Waals surface area contributed by atoms with Crippen molar-refractivity contribution in [1.82, 2.24) is 14.9 Å². The first-order chi connectivity index (χ1) is 10.5. The molecule has 0 amide bonds. The predicted octanol–water partition coefficient (Wildman–Crippen LogP) is 2.63. The maximum Gasteiger partial charge on any atom is 0.405 e. The zero-order valence-corrected chi connectivity index (χ0v) is 12.9. The summed E-state index contributed by atoms with van der Waals surface area (Å²) in [4.78, 5) is 21.3. The Hall–Kier alpha value is -2.06. The summed E-state index contributed by atoms with van der Waals surface area (Å²) in [5.41, 5.74) is 0.653. The highest BCUT2D eigenvalue weighted by atomic mass is 32.1. The molecule has 0 unspecified atom stereocenters. The van der Waals surface area contributed by atoms with Gasteiger partial charge in [-0.2, -0.15) is 0 Å². The van der Waals surface area contributed by atoms with Gasteiger partial charge in [0.2, 0.25) is 5.75 Å². The summed E-state index contributed by atoms with van der Waals surface area (Å²) in [6.45, 7) is 2.14. The predicted molar refractivity (Wildman–Crippen MR) is 83.1 cm³/mol. The average molecular weight is 320 g/mol. The summed E-state index contributed by atoms with van der Waals surface area (Å²) < 4.78 is 0. The van der Waals surface area contributed by atoms with E-state index in [1.54, 1.807) is 17.5 Å². The number of nitro groups is 1. The van der Waals surface area contributed by atoms with Crippen LogP contribution >= 0.6 is 11.3 Å². The summed E-state index contributed by atoms with van der Waals surface area (Å²) in [6, 6.07) is 1.37. The van der Waals surface area contributed by atoms with Gasteiger partial charge in [-0.25, -0.2) is 4.98 Å².